The molecule has 0 amide bonds. The SMILES string of the molecule is CCCC(CO)CO.O=S(=O)(O)c1ccccc1. The highest BCUT2D eigenvalue weighted by Crippen LogP contribution is 2.05. The molecule has 0 unspecified atom stereocenters. The molecule has 0 heterocycles. The second-order valence-corrected chi connectivity index (χ2v) is 5.23. The maximum absolute atomic E-state index is 10.4. The van der Waals surface area contributed by atoms with Crippen molar-refractivity contribution in [3.05, 3.63) is 30.3 Å². The number of hydrogen-bond acceptors (Lipinski definition) is 4. The second kappa shape index (κ2) is 9.04. The minimum atomic E-state index is -4.00. The van der Waals surface area contributed by atoms with Gasteiger partial charge in [0.2, 0.25) is 0 Å². The third-order valence-electron chi connectivity index (χ3n) is 2.25. The summed E-state index contributed by atoms with van der Waals surface area (Å²) in [4.78, 5) is -0.0741. The summed E-state index contributed by atoms with van der Waals surface area (Å²) in [6, 6.07) is 7.42. The summed E-state index contributed by atoms with van der Waals surface area (Å²) < 4.78 is 29.2. The molecule has 1 rings (SSSR count). The Morgan fingerprint density at radius 3 is 1.83 bits per heavy atom. The Kier molecular flexibility index (Phi) is 8.57. The molecule has 0 aliphatic carbocycles. The van der Waals surface area contributed by atoms with Gasteiger partial charge in [0, 0.05) is 19.1 Å². The van der Waals surface area contributed by atoms with Gasteiger partial charge in [-0.3, -0.25) is 4.55 Å². The standard InChI is InChI=1S/C6H6O3S.C6H14O2/c7-10(8,9)6-4-2-1-3-5-6;1-2-3-6(4-7)5-8/h1-5H,(H,7,8,9);6-8H,2-5H2,1H3. The first-order valence-corrected chi connectivity index (χ1v) is 7.14. The van der Waals surface area contributed by atoms with E-state index < -0.39 is 10.1 Å². The van der Waals surface area contributed by atoms with Crippen molar-refractivity contribution < 1.29 is 23.2 Å². The van der Waals surface area contributed by atoms with E-state index in [1.165, 1.54) is 12.1 Å². The zero-order valence-corrected chi connectivity index (χ0v) is 11.2. The molecule has 0 saturated heterocycles. The van der Waals surface area contributed by atoms with Crippen molar-refractivity contribution in [2.75, 3.05) is 13.2 Å². The highest BCUT2D eigenvalue weighted by Gasteiger charge is 2.05. The van der Waals surface area contributed by atoms with Gasteiger partial charge in [-0.2, -0.15) is 8.42 Å². The molecule has 104 valence electrons. The van der Waals surface area contributed by atoms with Crippen molar-refractivity contribution in [1.82, 2.24) is 0 Å². The van der Waals surface area contributed by atoms with Gasteiger partial charge in [0.1, 0.15) is 0 Å². The molecule has 0 bridgehead atoms. The van der Waals surface area contributed by atoms with Crippen LogP contribution in [-0.2, 0) is 10.1 Å². The monoisotopic (exact) mass is 276 g/mol. The van der Waals surface area contributed by atoms with Crippen LogP contribution in [0.2, 0.25) is 0 Å². The zero-order chi connectivity index (χ0) is 14.0. The lowest BCUT2D eigenvalue weighted by Gasteiger charge is -2.06. The molecule has 3 N–H and O–H groups in total. The predicted molar refractivity (Wildman–Crippen MR) is 68.8 cm³/mol. The number of aliphatic hydroxyl groups is 2. The molecule has 0 radical (unpaired) electrons. The lowest BCUT2D eigenvalue weighted by Crippen LogP contribution is -2.09. The van der Waals surface area contributed by atoms with Gasteiger partial charge in [-0.05, 0) is 18.6 Å². The van der Waals surface area contributed by atoms with Gasteiger partial charge >= 0.3 is 0 Å². The third-order valence-corrected chi connectivity index (χ3v) is 3.12. The van der Waals surface area contributed by atoms with E-state index in [1.54, 1.807) is 18.2 Å². The van der Waals surface area contributed by atoms with Crippen LogP contribution < -0.4 is 0 Å². The van der Waals surface area contributed by atoms with Gasteiger partial charge in [0.15, 0.2) is 0 Å². The highest BCUT2D eigenvalue weighted by atomic mass is 32.2. The van der Waals surface area contributed by atoms with Gasteiger partial charge in [0.25, 0.3) is 10.1 Å². The normalized spacial score (nSPS) is 10.9. The average molecular weight is 276 g/mol. The first-order chi connectivity index (χ1) is 8.45. The van der Waals surface area contributed by atoms with Crippen molar-refractivity contribution in [3.8, 4) is 0 Å². The van der Waals surface area contributed by atoms with E-state index in [2.05, 4.69) is 0 Å². The van der Waals surface area contributed by atoms with Gasteiger partial charge < -0.3 is 10.2 Å². The van der Waals surface area contributed by atoms with Crippen molar-refractivity contribution in [1.29, 1.82) is 0 Å². The number of rotatable bonds is 5. The van der Waals surface area contributed by atoms with Crippen molar-refractivity contribution in [3.63, 3.8) is 0 Å². The fourth-order valence-corrected chi connectivity index (χ4v) is 1.74. The van der Waals surface area contributed by atoms with Crippen LogP contribution in [0.4, 0.5) is 0 Å². The van der Waals surface area contributed by atoms with Crippen LogP contribution >= 0.6 is 0 Å². The Morgan fingerprint density at radius 1 is 1.11 bits per heavy atom. The van der Waals surface area contributed by atoms with E-state index in [0.29, 0.717) is 0 Å². The van der Waals surface area contributed by atoms with Crippen LogP contribution in [0.15, 0.2) is 35.2 Å². The molecule has 0 fully saturated rings. The Labute approximate surface area is 108 Å². The van der Waals surface area contributed by atoms with Crippen LogP contribution in [-0.4, -0.2) is 36.4 Å². The highest BCUT2D eigenvalue weighted by molar-refractivity contribution is 7.85. The van der Waals surface area contributed by atoms with E-state index in [0.717, 1.165) is 12.8 Å². The van der Waals surface area contributed by atoms with Crippen molar-refractivity contribution >= 4 is 10.1 Å². The molecule has 1 aromatic rings. The third kappa shape index (κ3) is 7.39. The quantitative estimate of drug-likeness (QED) is 0.705. The number of benzene rings is 1. The average Bonchev–Trinajstić information content (AvgIpc) is 2.37. The number of hydrogen-bond donors (Lipinski definition) is 3. The minimum absolute atomic E-state index is 0.0741. The van der Waals surface area contributed by atoms with Crippen LogP contribution in [0, 0.1) is 5.92 Å². The smallest absolute Gasteiger partial charge is 0.294 e. The molecule has 6 heteroatoms. The summed E-state index contributed by atoms with van der Waals surface area (Å²) in [5.74, 6) is 0.111. The summed E-state index contributed by atoms with van der Waals surface area (Å²) in [7, 11) is -4.00. The molecule has 0 atom stereocenters. The summed E-state index contributed by atoms with van der Waals surface area (Å²) in [5, 5.41) is 17.0. The first kappa shape index (κ1) is 17.1. The molecule has 18 heavy (non-hydrogen) atoms. The maximum Gasteiger partial charge on any atom is 0.294 e. The summed E-state index contributed by atoms with van der Waals surface area (Å²) in [5.41, 5.74) is 0. The topological polar surface area (TPSA) is 94.8 Å². The Hall–Kier alpha value is -0.950. The molecule has 0 spiro atoms. The Bertz CT molecular complexity index is 398. The molecular weight excluding hydrogens is 256 g/mol. The molecule has 0 aliphatic rings. The summed E-state index contributed by atoms with van der Waals surface area (Å²) >= 11 is 0. The fraction of sp³-hybridized carbons (Fsp3) is 0.500. The van der Waals surface area contributed by atoms with E-state index in [1.807, 2.05) is 6.92 Å². The lowest BCUT2D eigenvalue weighted by molar-refractivity contribution is 0.143. The molecule has 5 nitrogen and oxygen atoms in total. The molecule has 0 saturated carbocycles. The predicted octanol–water partition coefficient (Wildman–Crippen LogP) is 1.32. The molecule has 1 aromatic carbocycles. The van der Waals surface area contributed by atoms with E-state index in [4.69, 9.17) is 14.8 Å². The lowest BCUT2D eigenvalue weighted by atomic mass is 10.1. The van der Waals surface area contributed by atoms with Crippen LogP contribution in [0.1, 0.15) is 19.8 Å². The van der Waals surface area contributed by atoms with E-state index in [-0.39, 0.29) is 24.0 Å². The zero-order valence-electron chi connectivity index (χ0n) is 10.4. The van der Waals surface area contributed by atoms with Crippen LogP contribution in [0.3, 0.4) is 0 Å². The first-order valence-electron chi connectivity index (χ1n) is 5.70. The minimum Gasteiger partial charge on any atom is -0.396 e. The van der Waals surface area contributed by atoms with Crippen LogP contribution in [0.25, 0.3) is 0 Å². The molecule has 0 aromatic heterocycles. The summed E-state index contributed by atoms with van der Waals surface area (Å²) in [6.45, 7) is 2.27. The largest absolute Gasteiger partial charge is 0.396 e. The van der Waals surface area contributed by atoms with Gasteiger partial charge in [0.05, 0.1) is 4.90 Å². The van der Waals surface area contributed by atoms with Gasteiger partial charge in [-0.15, -0.1) is 0 Å². The van der Waals surface area contributed by atoms with E-state index in [9.17, 15) is 8.42 Å². The van der Waals surface area contributed by atoms with Gasteiger partial charge in [-0.25, -0.2) is 0 Å². The van der Waals surface area contributed by atoms with Crippen molar-refractivity contribution in [2.45, 2.75) is 24.7 Å². The maximum atomic E-state index is 10.4. The van der Waals surface area contributed by atoms with Gasteiger partial charge in [-0.1, -0.05) is 31.5 Å². The Morgan fingerprint density at radius 2 is 1.61 bits per heavy atom. The number of aliphatic hydroxyl groups excluding tert-OH is 2. The van der Waals surface area contributed by atoms with Crippen LogP contribution in [0.5, 0.6) is 0 Å². The fourth-order valence-electron chi connectivity index (χ4n) is 1.24. The summed E-state index contributed by atoms with van der Waals surface area (Å²) in [6.07, 6.45) is 1.96. The van der Waals surface area contributed by atoms with E-state index >= 15 is 0 Å². The van der Waals surface area contributed by atoms with Crippen molar-refractivity contribution in [2.24, 2.45) is 5.92 Å². The second-order valence-electron chi connectivity index (χ2n) is 3.81. The molecule has 0 aliphatic heterocycles. The Balaban J connectivity index is 0.000000331. The molecular formula is C12H20O5S.